The third kappa shape index (κ3) is 3.27. The molecule has 19 heavy (non-hydrogen) atoms. The highest BCUT2D eigenvalue weighted by Crippen LogP contribution is 2.22. The Labute approximate surface area is 110 Å². The van der Waals surface area contributed by atoms with Gasteiger partial charge >= 0.3 is 5.97 Å². The lowest BCUT2D eigenvalue weighted by Crippen LogP contribution is -2.43. The van der Waals surface area contributed by atoms with Gasteiger partial charge in [-0.15, -0.1) is 0 Å². The van der Waals surface area contributed by atoms with Crippen molar-refractivity contribution in [2.24, 2.45) is 0 Å². The Morgan fingerprint density at radius 2 is 2.11 bits per heavy atom. The van der Waals surface area contributed by atoms with Gasteiger partial charge in [0.1, 0.15) is 0 Å². The van der Waals surface area contributed by atoms with E-state index in [0.717, 1.165) is 26.2 Å². The number of benzene rings is 1. The molecule has 1 heterocycles. The number of rotatable bonds is 4. The van der Waals surface area contributed by atoms with Crippen LogP contribution in [0.25, 0.3) is 0 Å². The van der Waals surface area contributed by atoms with Crippen molar-refractivity contribution in [1.82, 2.24) is 10.2 Å². The Bertz CT molecular complexity index is 498. The molecule has 1 aromatic carbocycles. The van der Waals surface area contributed by atoms with Crippen LogP contribution >= 0.6 is 0 Å². The minimum Gasteiger partial charge on any atom is -0.478 e. The van der Waals surface area contributed by atoms with E-state index in [0.29, 0.717) is 12.1 Å². The maximum atomic E-state index is 11.0. The molecule has 1 fully saturated rings. The van der Waals surface area contributed by atoms with Crippen LogP contribution in [0.2, 0.25) is 0 Å². The van der Waals surface area contributed by atoms with Crippen molar-refractivity contribution in [1.29, 1.82) is 0 Å². The number of hydrogen-bond acceptors (Lipinski definition) is 5. The number of hydrogen-bond donors (Lipinski definition) is 2. The number of carbonyl (C=O) groups is 1. The van der Waals surface area contributed by atoms with Gasteiger partial charge in [0, 0.05) is 44.4 Å². The maximum Gasteiger partial charge on any atom is 0.335 e. The van der Waals surface area contributed by atoms with Crippen molar-refractivity contribution in [3.05, 3.63) is 39.4 Å². The lowest BCUT2D eigenvalue weighted by Gasteiger charge is -2.27. The van der Waals surface area contributed by atoms with Crippen LogP contribution in [0.4, 0.5) is 5.69 Å². The first-order chi connectivity index (χ1) is 9.08. The molecular weight excluding hydrogens is 250 g/mol. The molecular formula is C12H15N3O4. The molecule has 2 rings (SSSR count). The first-order valence-corrected chi connectivity index (χ1v) is 6.01. The van der Waals surface area contributed by atoms with Crippen LogP contribution in [0.5, 0.6) is 0 Å². The average molecular weight is 265 g/mol. The SMILES string of the molecule is O=C(O)c1ccc([N+](=O)[O-])c(CN2CCNCC2)c1. The zero-order chi connectivity index (χ0) is 13.8. The summed E-state index contributed by atoms with van der Waals surface area (Å²) in [6.07, 6.45) is 0. The van der Waals surface area contributed by atoms with Crippen LogP contribution < -0.4 is 5.32 Å². The molecule has 7 heteroatoms. The van der Waals surface area contributed by atoms with E-state index in [9.17, 15) is 14.9 Å². The number of nitro groups is 1. The van der Waals surface area contributed by atoms with Crippen LogP contribution in [-0.2, 0) is 6.54 Å². The number of aromatic carboxylic acids is 1. The molecule has 7 nitrogen and oxygen atoms in total. The molecule has 0 unspecified atom stereocenters. The molecule has 1 aromatic rings. The molecule has 1 aliphatic rings. The lowest BCUT2D eigenvalue weighted by molar-refractivity contribution is -0.385. The van der Waals surface area contributed by atoms with E-state index in [2.05, 4.69) is 10.2 Å². The van der Waals surface area contributed by atoms with E-state index < -0.39 is 10.9 Å². The summed E-state index contributed by atoms with van der Waals surface area (Å²) < 4.78 is 0. The largest absolute Gasteiger partial charge is 0.478 e. The molecule has 0 radical (unpaired) electrons. The van der Waals surface area contributed by atoms with E-state index in [1.807, 2.05) is 0 Å². The van der Waals surface area contributed by atoms with E-state index >= 15 is 0 Å². The first kappa shape index (κ1) is 13.4. The Hall–Kier alpha value is -1.99. The Morgan fingerprint density at radius 1 is 1.42 bits per heavy atom. The molecule has 1 aliphatic heterocycles. The third-order valence-electron chi connectivity index (χ3n) is 3.13. The van der Waals surface area contributed by atoms with E-state index in [4.69, 9.17) is 5.11 Å². The molecule has 0 aromatic heterocycles. The van der Waals surface area contributed by atoms with E-state index in [1.54, 1.807) is 0 Å². The normalized spacial score (nSPS) is 16.2. The molecule has 0 saturated carbocycles. The van der Waals surface area contributed by atoms with Gasteiger partial charge in [0.15, 0.2) is 0 Å². The highest BCUT2D eigenvalue weighted by Gasteiger charge is 2.19. The first-order valence-electron chi connectivity index (χ1n) is 6.01. The highest BCUT2D eigenvalue weighted by atomic mass is 16.6. The molecule has 1 saturated heterocycles. The van der Waals surface area contributed by atoms with E-state index in [1.165, 1.54) is 18.2 Å². The quantitative estimate of drug-likeness (QED) is 0.614. The topological polar surface area (TPSA) is 95.7 Å². The van der Waals surface area contributed by atoms with Gasteiger partial charge in [-0.1, -0.05) is 0 Å². The molecule has 0 atom stereocenters. The van der Waals surface area contributed by atoms with Crippen LogP contribution in [0.15, 0.2) is 18.2 Å². The van der Waals surface area contributed by atoms with Gasteiger partial charge in [0.25, 0.3) is 5.69 Å². The average Bonchev–Trinajstić information content (AvgIpc) is 2.39. The molecule has 2 N–H and O–H groups in total. The van der Waals surface area contributed by atoms with Gasteiger partial charge in [-0.25, -0.2) is 4.79 Å². The number of nitrogens with zero attached hydrogens (tertiary/aromatic N) is 2. The summed E-state index contributed by atoms with van der Waals surface area (Å²) in [5, 5.41) is 23.1. The Kier molecular flexibility index (Phi) is 4.08. The zero-order valence-corrected chi connectivity index (χ0v) is 10.3. The van der Waals surface area contributed by atoms with Crippen molar-refractivity contribution in [2.45, 2.75) is 6.54 Å². The second kappa shape index (κ2) is 5.77. The lowest BCUT2D eigenvalue weighted by atomic mass is 10.1. The Morgan fingerprint density at radius 3 is 2.68 bits per heavy atom. The smallest absolute Gasteiger partial charge is 0.335 e. The summed E-state index contributed by atoms with van der Waals surface area (Å²) in [6.45, 7) is 3.68. The fourth-order valence-corrected chi connectivity index (χ4v) is 2.13. The van der Waals surface area contributed by atoms with Crippen LogP contribution in [0.1, 0.15) is 15.9 Å². The van der Waals surface area contributed by atoms with Gasteiger partial charge in [-0.2, -0.15) is 0 Å². The molecule has 0 amide bonds. The fraction of sp³-hybridized carbons (Fsp3) is 0.417. The van der Waals surface area contributed by atoms with Gasteiger partial charge in [-0.05, 0) is 12.1 Å². The summed E-state index contributed by atoms with van der Waals surface area (Å²) in [7, 11) is 0. The summed E-state index contributed by atoms with van der Waals surface area (Å²) in [5.41, 5.74) is 0.506. The predicted molar refractivity (Wildman–Crippen MR) is 68.2 cm³/mol. The van der Waals surface area contributed by atoms with Crippen molar-refractivity contribution in [3.63, 3.8) is 0 Å². The van der Waals surface area contributed by atoms with Gasteiger partial charge < -0.3 is 10.4 Å². The molecule has 0 bridgehead atoms. The minimum absolute atomic E-state index is 0.0245. The second-order valence-corrected chi connectivity index (χ2v) is 4.43. The third-order valence-corrected chi connectivity index (χ3v) is 3.13. The fourth-order valence-electron chi connectivity index (χ4n) is 2.13. The van der Waals surface area contributed by atoms with Crippen molar-refractivity contribution < 1.29 is 14.8 Å². The minimum atomic E-state index is -1.07. The molecule has 0 spiro atoms. The standard InChI is InChI=1S/C12H15N3O4/c16-12(17)9-1-2-11(15(18)19)10(7-9)8-14-5-3-13-4-6-14/h1-2,7,13H,3-6,8H2,(H,16,17). The summed E-state index contributed by atoms with van der Waals surface area (Å²) in [4.78, 5) is 23.5. The van der Waals surface area contributed by atoms with E-state index in [-0.39, 0.29) is 11.3 Å². The summed E-state index contributed by atoms with van der Waals surface area (Å²) in [5.74, 6) is -1.07. The second-order valence-electron chi connectivity index (χ2n) is 4.43. The summed E-state index contributed by atoms with van der Waals surface area (Å²) in [6, 6.07) is 3.92. The van der Waals surface area contributed by atoms with Gasteiger partial charge in [-0.3, -0.25) is 15.0 Å². The monoisotopic (exact) mass is 265 g/mol. The predicted octanol–water partition coefficient (Wildman–Crippen LogP) is 0.698. The molecule has 0 aliphatic carbocycles. The van der Waals surface area contributed by atoms with Crippen molar-refractivity contribution in [3.8, 4) is 0 Å². The number of carboxylic acid groups (broad SMARTS) is 1. The number of piperazine rings is 1. The number of nitro benzene ring substituents is 1. The highest BCUT2D eigenvalue weighted by molar-refractivity contribution is 5.88. The maximum absolute atomic E-state index is 11.0. The molecule has 102 valence electrons. The van der Waals surface area contributed by atoms with Crippen molar-refractivity contribution in [2.75, 3.05) is 26.2 Å². The number of carboxylic acids is 1. The van der Waals surface area contributed by atoms with Gasteiger partial charge in [0.05, 0.1) is 10.5 Å². The van der Waals surface area contributed by atoms with Crippen LogP contribution in [0, 0.1) is 10.1 Å². The van der Waals surface area contributed by atoms with Gasteiger partial charge in [0.2, 0.25) is 0 Å². The zero-order valence-electron chi connectivity index (χ0n) is 10.3. The Balaban J connectivity index is 2.26. The van der Waals surface area contributed by atoms with Crippen molar-refractivity contribution >= 4 is 11.7 Å². The number of nitrogens with one attached hydrogen (secondary N) is 1. The summed E-state index contributed by atoms with van der Waals surface area (Å²) >= 11 is 0. The van der Waals surface area contributed by atoms with Crippen LogP contribution in [0.3, 0.4) is 0 Å². The van der Waals surface area contributed by atoms with Crippen LogP contribution in [-0.4, -0.2) is 47.1 Å².